The highest BCUT2D eigenvalue weighted by Crippen LogP contribution is 2.41. The van der Waals surface area contributed by atoms with Crippen LogP contribution in [0.1, 0.15) is 38.4 Å². The van der Waals surface area contributed by atoms with Crippen LogP contribution >= 0.6 is 0 Å². The number of nitro groups is 1. The average Bonchev–Trinajstić information content (AvgIpc) is 3.12. The van der Waals surface area contributed by atoms with Crippen molar-refractivity contribution in [2.75, 3.05) is 18.5 Å². The molecule has 7 heteroatoms. The zero-order valence-electron chi connectivity index (χ0n) is 10.5. The molecule has 1 aromatic rings. The van der Waals surface area contributed by atoms with Gasteiger partial charge in [0.05, 0.1) is 11.5 Å². The van der Waals surface area contributed by atoms with E-state index >= 15 is 0 Å². The average molecular weight is 252 g/mol. The fourth-order valence-electron chi connectivity index (χ4n) is 1.67. The predicted molar refractivity (Wildman–Crippen MR) is 66.0 cm³/mol. The first kappa shape index (κ1) is 12.5. The maximum absolute atomic E-state index is 11.1. The molecule has 1 saturated carbocycles. The van der Waals surface area contributed by atoms with Crippen molar-refractivity contribution in [1.29, 1.82) is 0 Å². The van der Waals surface area contributed by atoms with Crippen LogP contribution in [0.5, 0.6) is 5.88 Å². The zero-order valence-corrected chi connectivity index (χ0v) is 10.5. The van der Waals surface area contributed by atoms with Crippen molar-refractivity contribution in [3.8, 4) is 5.88 Å². The molecule has 0 radical (unpaired) electrons. The van der Waals surface area contributed by atoms with Gasteiger partial charge in [0.1, 0.15) is 5.82 Å². The van der Waals surface area contributed by atoms with Crippen LogP contribution in [0, 0.1) is 10.1 Å². The minimum atomic E-state index is -0.500. The standard InChI is InChI=1S/C11H16N4O3/c1-3-12-10-8(15(16)17)11(18-4-2)14-9(13-10)7-5-6-7/h7H,3-6H2,1-2H3,(H,12,13,14). The molecule has 0 amide bonds. The first-order valence-corrected chi connectivity index (χ1v) is 6.10. The highest BCUT2D eigenvalue weighted by Gasteiger charge is 2.32. The van der Waals surface area contributed by atoms with Gasteiger partial charge in [-0.15, -0.1) is 0 Å². The molecule has 1 heterocycles. The number of nitrogens with zero attached hydrogens (tertiary/aromatic N) is 3. The van der Waals surface area contributed by atoms with E-state index in [0.717, 1.165) is 12.8 Å². The van der Waals surface area contributed by atoms with E-state index in [4.69, 9.17) is 4.74 Å². The van der Waals surface area contributed by atoms with Crippen LogP contribution in [-0.2, 0) is 0 Å². The normalized spacial score (nSPS) is 14.3. The summed E-state index contributed by atoms with van der Waals surface area (Å²) >= 11 is 0. The van der Waals surface area contributed by atoms with Crippen molar-refractivity contribution in [3.63, 3.8) is 0 Å². The summed E-state index contributed by atoms with van der Waals surface area (Å²) < 4.78 is 5.27. The van der Waals surface area contributed by atoms with Gasteiger partial charge in [0, 0.05) is 12.5 Å². The summed E-state index contributed by atoms with van der Waals surface area (Å²) in [5.41, 5.74) is -0.178. The van der Waals surface area contributed by atoms with Crippen LogP contribution in [-0.4, -0.2) is 28.0 Å². The molecule has 1 aliphatic carbocycles. The number of nitrogens with one attached hydrogen (secondary N) is 1. The molecule has 0 aromatic carbocycles. The maximum atomic E-state index is 11.1. The first-order valence-electron chi connectivity index (χ1n) is 6.10. The molecule has 2 rings (SSSR count). The minimum Gasteiger partial charge on any atom is -0.473 e. The predicted octanol–water partition coefficient (Wildman–Crippen LogP) is 2.09. The lowest BCUT2D eigenvalue weighted by atomic mass is 10.3. The summed E-state index contributed by atoms with van der Waals surface area (Å²) in [6.45, 7) is 4.54. The van der Waals surface area contributed by atoms with Crippen molar-refractivity contribution in [2.45, 2.75) is 32.6 Å². The van der Waals surface area contributed by atoms with E-state index in [2.05, 4.69) is 15.3 Å². The molecule has 1 aromatic heterocycles. The second-order valence-electron chi connectivity index (χ2n) is 4.08. The Morgan fingerprint density at radius 2 is 2.17 bits per heavy atom. The van der Waals surface area contributed by atoms with E-state index in [0.29, 0.717) is 24.9 Å². The van der Waals surface area contributed by atoms with Crippen LogP contribution in [0.15, 0.2) is 0 Å². The van der Waals surface area contributed by atoms with Gasteiger partial charge in [-0.05, 0) is 26.7 Å². The summed E-state index contributed by atoms with van der Waals surface area (Å²) in [6.07, 6.45) is 2.07. The molecule has 0 bridgehead atoms. The zero-order chi connectivity index (χ0) is 13.1. The molecule has 0 aliphatic heterocycles. The van der Waals surface area contributed by atoms with Gasteiger partial charge in [-0.2, -0.15) is 4.98 Å². The third kappa shape index (κ3) is 2.49. The molecule has 0 saturated heterocycles. The topological polar surface area (TPSA) is 90.2 Å². The Morgan fingerprint density at radius 1 is 1.44 bits per heavy atom. The number of ether oxygens (including phenoxy) is 1. The van der Waals surface area contributed by atoms with Gasteiger partial charge >= 0.3 is 5.69 Å². The molecule has 18 heavy (non-hydrogen) atoms. The molecular weight excluding hydrogens is 236 g/mol. The number of aromatic nitrogens is 2. The lowest BCUT2D eigenvalue weighted by molar-refractivity contribution is -0.385. The van der Waals surface area contributed by atoms with Crippen molar-refractivity contribution in [3.05, 3.63) is 15.9 Å². The van der Waals surface area contributed by atoms with Crippen molar-refractivity contribution in [2.24, 2.45) is 0 Å². The highest BCUT2D eigenvalue weighted by molar-refractivity contribution is 5.62. The second-order valence-corrected chi connectivity index (χ2v) is 4.08. The second kappa shape index (κ2) is 5.16. The van der Waals surface area contributed by atoms with Gasteiger partial charge in [-0.1, -0.05) is 0 Å². The van der Waals surface area contributed by atoms with Gasteiger partial charge in [0.25, 0.3) is 5.88 Å². The van der Waals surface area contributed by atoms with Crippen LogP contribution in [0.3, 0.4) is 0 Å². The van der Waals surface area contributed by atoms with Gasteiger partial charge in [0.15, 0.2) is 0 Å². The van der Waals surface area contributed by atoms with E-state index in [1.807, 2.05) is 6.92 Å². The monoisotopic (exact) mass is 252 g/mol. The van der Waals surface area contributed by atoms with Gasteiger partial charge < -0.3 is 10.1 Å². The van der Waals surface area contributed by atoms with E-state index < -0.39 is 4.92 Å². The lowest BCUT2D eigenvalue weighted by Gasteiger charge is -2.09. The van der Waals surface area contributed by atoms with Gasteiger partial charge in [-0.25, -0.2) is 4.98 Å². The minimum absolute atomic E-state index is 0.0651. The molecule has 0 atom stereocenters. The molecule has 0 spiro atoms. The molecule has 0 unspecified atom stereocenters. The Hall–Kier alpha value is -1.92. The van der Waals surface area contributed by atoms with Crippen molar-refractivity contribution < 1.29 is 9.66 Å². The highest BCUT2D eigenvalue weighted by atomic mass is 16.6. The summed E-state index contributed by atoms with van der Waals surface area (Å²) in [4.78, 5) is 19.0. The SMILES string of the molecule is CCNc1nc(C2CC2)nc(OCC)c1[N+](=O)[O-]. The number of hydrogen-bond donors (Lipinski definition) is 1. The van der Waals surface area contributed by atoms with Crippen LogP contribution < -0.4 is 10.1 Å². The third-order valence-electron chi connectivity index (χ3n) is 2.62. The fourth-order valence-corrected chi connectivity index (χ4v) is 1.67. The Balaban J connectivity index is 2.48. The maximum Gasteiger partial charge on any atom is 0.372 e. The van der Waals surface area contributed by atoms with Crippen LogP contribution in [0.4, 0.5) is 11.5 Å². The molecule has 1 fully saturated rings. The molecule has 98 valence electrons. The van der Waals surface area contributed by atoms with E-state index in [1.54, 1.807) is 6.92 Å². The Labute approximate surface area is 105 Å². The van der Waals surface area contributed by atoms with E-state index in [9.17, 15) is 10.1 Å². The quantitative estimate of drug-likeness (QED) is 0.615. The smallest absolute Gasteiger partial charge is 0.372 e. The summed E-state index contributed by atoms with van der Waals surface area (Å²) in [6, 6.07) is 0. The summed E-state index contributed by atoms with van der Waals surface area (Å²) in [5.74, 6) is 1.28. The Morgan fingerprint density at radius 3 is 2.67 bits per heavy atom. The van der Waals surface area contributed by atoms with Crippen LogP contribution in [0.25, 0.3) is 0 Å². The lowest BCUT2D eigenvalue weighted by Crippen LogP contribution is -2.10. The summed E-state index contributed by atoms with van der Waals surface area (Å²) in [5, 5.41) is 14.0. The summed E-state index contributed by atoms with van der Waals surface area (Å²) in [7, 11) is 0. The number of anilines is 1. The van der Waals surface area contributed by atoms with Gasteiger partial charge in [0.2, 0.25) is 5.82 Å². The molecule has 1 N–H and O–H groups in total. The van der Waals surface area contributed by atoms with Crippen molar-refractivity contribution >= 4 is 11.5 Å². The van der Waals surface area contributed by atoms with Crippen molar-refractivity contribution in [1.82, 2.24) is 9.97 Å². The van der Waals surface area contributed by atoms with E-state index in [-0.39, 0.29) is 17.4 Å². The van der Waals surface area contributed by atoms with Crippen LogP contribution in [0.2, 0.25) is 0 Å². The first-order chi connectivity index (χ1) is 8.67. The molecule has 7 nitrogen and oxygen atoms in total. The molecular formula is C11H16N4O3. The number of hydrogen-bond acceptors (Lipinski definition) is 6. The Bertz CT molecular complexity index is 433. The largest absolute Gasteiger partial charge is 0.473 e. The fraction of sp³-hybridized carbons (Fsp3) is 0.636. The van der Waals surface area contributed by atoms with Gasteiger partial charge in [-0.3, -0.25) is 10.1 Å². The Kier molecular flexibility index (Phi) is 3.59. The third-order valence-corrected chi connectivity index (χ3v) is 2.62. The van der Waals surface area contributed by atoms with E-state index in [1.165, 1.54) is 0 Å². The number of rotatable bonds is 6. The molecule has 1 aliphatic rings.